The summed E-state index contributed by atoms with van der Waals surface area (Å²) in [6.45, 7) is 4.78. The molecule has 0 aliphatic carbocycles. The first-order valence-corrected chi connectivity index (χ1v) is 22.3. The molecule has 6 nitrogen and oxygen atoms in total. The van der Waals surface area contributed by atoms with Crippen molar-refractivity contribution in [3.05, 3.63) is 36.5 Å². The molecule has 304 valence electrons. The van der Waals surface area contributed by atoms with Gasteiger partial charge in [-0.05, 0) is 64.2 Å². The molecule has 2 unspecified atom stereocenters. The molecule has 1 amide bonds. The number of nitrogens with one attached hydrogen (secondary N) is 1. The molecular formula is C46H85NO5. The minimum Gasteiger partial charge on any atom is -0.466 e. The van der Waals surface area contributed by atoms with E-state index in [1.54, 1.807) is 6.08 Å². The van der Waals surface area contributed by atoms with Gasteiger partial charge in [0.05, 0.1) is 25.4 Å². The summed E-state index contributed by atoms with van der Waals surface area (Å²) in [5.41, 5.74) is 0. The predicted octanol–water partition coefficient (Wildman–Crippen LogP) is 12.6. The first-order chi connectivity index (χ1) is 25.5. The maximum absolute atomic E-state index is 12.3. The molecule has 0 spiro atoms. The van der Waals surface area contributed by atoms with Gasteiger partial charge >= 0.3 is 5.97 Å². The lowest BCUT2D eigenvalue weighted by atomic mass is 10.0. The van der Waals surface area contributed by atoms with Crippen molar-refractivity contribution in [1.82, 2.24) is 5.32 Å². The normalized spacial score (nSPS) is 13.1. The second kappa shape index (κ2) is 41.8. The number of esters is 1. The van der Waals surface area contributed by atoms with Crippen molar-refractivity contribution >= 4 is 11.9 Å². The highest BCUT2D eigenvalue weighted by molar-refractivity contribution is 5.76. The minimum absolute atomic E-state index is 0.0310. The SMILES string of the molecule is CCCCC/C=C\C/C=C\CCCCCCCC(=O)OCCCCCCCCCCCCCC(=O)NC(CO)C(O)/C=C/CCCCCCCCC. The molecule has 2 atom stereocenters. The third-order valence-electron chi connectivity index (χ3n) is 9.91. The van der Waals surface area contributed by atoms with E-state index in [9.17, 15) is 19.8 Å². The molecule has 52 heavy (non-hydrogen) atoms. The van der Waals surface area contributed by atoms with Crippen molar-refractivity contribution in [2.45, 2.75) is 231 Å². The molecule has 3 N–H and O–H groups in total. The summed E-state index contributed by atoms with van der Waals surface area (Å²) >= 11 is 0. The Labute approximate surface area is 322 Å². The number of amides is 1. The number of aliphatic hydroxyl groups excluding tert-OH is 2. The Morgan fingerprint density at radius 1 is 0.538 bits per heavy atom. The van der Waals surface area contributed by atoms with Gasteiger partial charge in [0.1, 0.15) is 0 Å². The molecule has 0 bridgehead atoms. The highest BCUT2D eigenvalue weighted by Crippen LogP contribution is 2.14. The van der Waals surface area contributed by atoms with Crippen LogP contribution in [-0.2, 0) is 14.3 Å². The van der Waals surface area contributed by atoms with Crippen molar-refractivity contribution in [3.8, 4) is 0 Å². The van der Waals surface area contributed by atoms with E-state index in [1.165, 1.54) is 122 Å². The smallest absolute Gasteiger partial charge is 0.305 e. The van der Waals surface area contributed by atoms with E-state index in [1.807, 2.05) is 6.08 Å². The van der Waals surface area contributed by atoms with Crippen LogP contribution in [0.5, 0.6) is 0 Å². The molecule has 0 aliphatic rings. The van der Waals surface area contributed by atoms with Crippen LogP contribution in [0.2, 0.25) is 0 Å². The second-order valence-electron chi connectivity index (χ2n) is 15.0. The Balaban J connectivity index is 3.50. The molecule has 0 aromatic carbocycles. The molecule has 0 aromatic rings. The fourth-order valence-corrected chi connectivity index (χ4v) is 6.42. The molecule has 0 rings (SSSR count). The van der Waals surface area contributed by atoms with Gasteiger partial charge in [-0.2, -0.15) is 0 Å². The van der Waals surface area contributed by atoms with Crippen molar-refractivity contribution in [3.63, 3.8) is 0 Å². The third kappa shape index (κ3) is 37.8. The standard InChI is InChI=1S/C46H85NO5/c1-3-5-7-9-11-13-14-15-16-17-20-24-28-32-36-40-46(51)52-41-37-33-29-25-21-18-19-23-27-31-35-39-45(50)47-43(42-48)44(49)38-34-30-26-22-12-10-8-6-4-2/h11,13,15-16,34,38,43-44,48-49H,3-10,12,14,17-33,35-37,39-42H2,1-2H3,(H,47,50)/b13-11-,16-15-,38-34+. The van der Waals surface area contributed by atoms with Crippen LogP contribution in [-0.4, -0.2) is 47.4 Å². The number of aliphatic hydroxyl groups is 2. The average Bonchev–Trinajstić information content (AvgIpc) is 3.14. The Bertz CT molecular complexity index is 854. The Morgan fingerprint density at radius 3 is 1.50 bits per heavy atom. The average molecular weight is 732 g/mol. The van der Waals surface area contributed by atoms with Gasteiger partial charge in [-0.1, -0.05) is 179 Å². The predicted molar refractivity (Wildman–Crippen MR) is 222 cm³/mol. The third-order valence-corrected chi connectivity index (χ3v) is 9.91. The highest BCUT2D eigenvalue weighted by Gasteiger charge is 2.18. The number of ether oxygens (including phenoxy) is 1. The number of rotatable bonds is 40. The molecule has 0 aliphatic heterocycles. The molecule has 6 heteroatoms. The number of carbonyl (C=O) groups is 2. The van der Waals surface area contributed by atoms with Crippen LogP contribution < -0.4 is 5.32 Å². The molecular weight excluding hydrogens is 647 g/mol. The molecule has 0 saturated carbocycles. The zero-order valence-corrected chi connectivity index (χ0v) is 34.3. The van der Waals surface area contributed by atoms with Crippen LogP contribution in [0.15, 0.2) is 36.5 Å². The lowest BCUT2D eigenvalue weighted by Crippen LogP contribution is -2.45. The van der Waals surface area contributed by atoms with Crippen LogP contribution in [0.4, 0.5) is 0 Å². The quantitative estimate of drug-likeness (QED) is 0.0331. The van der Waals surface area contributed by atoms with Gasteiger partial charge in [0, 0.05) is 12.8 Å². The van der Waals surface area contributed by atoms with Gasteiger partial charge in [-0.3, -0.25) is 9.59 Å². The maximum atomic E-state index is 12.3. The van der Waals surface area contributed by atoms with Crippen molar-refractivity contribution in [2.24, 2.45) is 0 Å². The molecule has 0 aromatic heterocycles. The number of unbranched alkanes of at least 4 members (excludes halogenated alkanes) is 25. The van der Waals surface area contributed by atoms with E-state index in [2.05, 4.69) is 43.5 Å². The fourth-order valence-electron chi connectivity index (χ4n) is 6.42. The van der Waals surface area contributed by atoms with E-state index in [0.717, 1.165) is 70.6 Å². The summed E-state index contributed by atoms with van der Waals surface area (Å²) in [5.74, 6) is -0.123. The first-order valence-electron chi connectivity index (χ1n) is 22.3. The van der Waals surface area contributed by atoms with Crippen LogP contribution in [0.25, 0.3) is 0 Å². The van der Waals surface area contributed by atoms with Crippen LogP contribution in [0.1, 0.15) is 219 Å². The summed E-state index contributed by atoms with van der Waals surface area (Å²) < 4.78 is 5.43. The van der Waals surface area contributed by atoms with Gasteiger partial charge in [-0.25, -0.2) is 0 Å². The Hall–Kier alpha value is -1.92. The molecule has 0 heterocycles. The maximum Gasteiger partial charge on any atom is 0.305 e. The summed E-state index contributed by atoms with van der Waals surface area (Å²) in [6, 6.07) is -0.640. The van der Waals surface area contributed by atoms with Gasteiger partial charge in [0.25, 0.3) is 0 Å². The van der Waals surface area contributed by atoms with Gasteiger partial charge in [0.2, 0.25) is 5.91 Å². The van der Waals surface area contributed by atoms with E-state index >= 15 is 0 Å². The van der Waals surface area contributed by atoms with Crippen molar-refractivity contribution in [1.29, 1.82) is 0 Å². The summed E-state index contributed by atoms with van der Waals surface area (Å²) in [6.07, 6.45) is 48.4. The van der Waals surface area contributed by atoms with E-state index in [0.29, 0.717) is 19.4 Å². The van der Waals surface area contributed by atoms with Gasteiger partial charge in [-0.15, -0.1) is 0 Å². The lowest BCUT2D eigenvalue weighted by Gasteiger charge is -2.20. The van der Waals surface area contributed by atoms with Gasteiger partial charge < -0.3 is 20.3 Å². The van der Waals surface area contributed by atoms with E-state index < -0.39 is 12.1 Å². The second-order valence-corrected chi connectivity index (χ2v) is 15.0. The van der Waals surface area contributed by atoms with Crippen molar-refractivity contribution < 1.29 is 24.5 Å². The van der Waals surface area contributed by atoms with Crippen LogP contribution >= 0.6 is 0 Å². The van der Waals surface area contributed by atoms with Gasteiger partial charge in [0.15, 0.2) is 0 Å². The Kier molecular flexibility index (Phi) is 40.3. The zero-order chi connectivity index (χ0) is 38.0. The number of hydrogen-bond acceptors (Lipinski definition) is 5. The summed E-state index contributed by atoms with van der Waals surface area (Å²) in [7, 11) is 0. The highest BCUT2D eigenvalue weighted by atomic mass is 16.5. The van der Waals surface area contributed by atoms with Crippen LogP contribution in [0.3, 0.4) is 0 Å². The van der Waals surface area contributed by atoms with E-state index in [-0.39, 0.29) is 18.5 Å². The summed E-state index contributed by atoms with van der Waals surface area (Å²) in [4.78, 5) is 24.3. The topological polar surface area (TPSA) is 95.9 Å². The fraction of sp³-hybridized carbons (Fsp3) is 0.826. The molecule has 0 fully saturated rings. The molecule has 0 saturated heterocycles. The number of carbonyl (C=O) groups excluding carboxylic acids is 2. The molecule has 0 radical (unpaired) electrons. The minimum atomic E-state index is -0.855. The monoisotopic (exact) mass is 732 g/mol. The number of allylic oxidation sites excluding steroid dienone is 5. The van der Waals surface area contributed by atoms with Crippen molar-refractivity contribution in [2.75, 3.05) is 13.2 Å². The lowest BCUT2D eigenvalue weighted by molar-refractivity contribution is -0.143. The number of hydrogen-bond donors (Lipinski definition) is 3. The zero-order valence-electron chi connectivity index (χ0n) is 34.3. The largest absolute Gasteiger partial charge is 0.466 e. The summed E-state index contributed by atoms with van der Waals surface area (Å²) in [5, 5.41) is 22.8. The first kappa shape index (κ1) is 50.1. The van der Waals surface area contributed by atoms with E-state index in [4.69, 9.17) is 4.74 Å². The van der Waals surface area contributed by atoms with Crippen LogP contribution in [0, 0.1) is 0 Å². The Morgan fingerprint density at radius 2 is 0.962 bits per heavy atom.